The van der Waals surface area contributed by atoms with Gasteiger partial charge in [-0.15, -0.1) is 0 Å². The predicted molar refractivity (Wildman–Crippen MR) is 73.5 cm³/mol. The van der Waals surface area contributed by atoms with Crippen molar-refractivity contribution in [2.75, 3.05) is 39.8 Å². The molecule has 0 aliphatic carbocycles. The highest BCUT2D eigenvalue weighted by atomic mass is 16.5. The van der Waals surface area contributed by atoms with Gasteiger partial charge in [0.1, 0.15) is 0 Å². The molecule has 0 aromatic heterocycles. The van der Waals surface area contributed by atoms with Crippen molar-refractivity contribution in [1.29, 1.82) is 0 Å². The molecule has 102 valence electrons. The molecule has 1 unspecified atom stereocenters. The second kappa shape index (κ2) is 9.86. The minimum atomic E-state index is 0.493. The van der Waals surface area contributed by atoms with Crippen LogP contribution in [-0.4, -0.2) is 50.8 Å². The van der Waals surface area contributed by atoms with E-state index in [1.54, 1.807) is 0 Å². The van der Waals surface area contributed by atoms with Gasteiger partial charge >= 0.3 is 0 Å². The zero-order valence-corrected chi connectivity index (χ0v) is 11.7. The van der Waals surface area contributed by atoms with Crippen molar-refractivity contribution in [2.45, 2.75) is 51.6 Å². The van der Waals surface area contributed by atoms with E-state index >= 15 is 0 Å². The molecule has 0 saturated carbocycles. The number of nitrogens with zero attached hydrogens (tertiary/aromatic N) is 1. The van der Waals surface area contributed by atoms with E-state index in [0.29, 0.717) is 6.10 Å². The summed E-state index contributed by atoms with van der Waals surface area (Å²) in [6.45, 7) is 7.83. The van der Waals surface area contributed by atoms with Crippen molar-refractivity contribution >= 4 is 0 Å². The first-order chi connectivity index (χ1) is 8.33. The topological polar surface area (TPSA) is 24.5 Å². The number of hydrogen-bond donors (Lipinski definition) is 1. The van der Waals surface area contributed by atoms with E-state index in [4.69, 9.17) is 4.74 Å². The first-order valence-corrected chi connectivity index (χ1v) is 7.33. The zero-order chi connectivity index (χ0) is 12.3. The van der Waals surface area contributed by atoms with Crippen LogP contribution in [-0.2, 0) is 4.74 Å². The van der Waals surface area contributed by atoms with E-state index < -0.39 is 0 Å². The Morgan fingerprint density at radius 1 is 1.24 bits per heavy atom. The Bertz CT molecular complexity index is 170. The SMILES string of the molecule is CCCNCCCCN(C)CC1CCCCO1. The lowest BCUT2D eigenvalue weighted by molar-refractivity contribution is -0.00158. The van der Waals surface area contributed by atoms with Crippen LogP contribution in [0.3, 0.4) is 0 Å². The van der Waals surface area contributed by atoms with Crippen molar-refractivity contribution < 1.29 is 4.74 Å². The van der Waals surface area contributed by atoms with Crippen LogP contribution in [0.5, 0.6) is 0 Å². The fourth-order valence-electron chi connectivity index (χ4n) is 2.32. The van der Waals surface area contributed by atoms with Gasteiger partial charge < -0.3 is 15.0 Å². The summed E-state index contributed by atoms with van der Waals surface area (Å²) >= 11 is 0. The number of rotatable bonds is 9. The molecule has 1 fully saturated rings. The average Bonchev–Trinajstić information content (AvgIpc) is 2.35. The third kappa shape index (κ3) is 7.74. The molecule has 1 heterocycles. The molecule has 1 rings (SSSR count). The monoisotopic (exact) mass is 242 g/mol. The molecule has 1 N–H and O–H groups in total. The summed E-state index contributed by atoms with van der Waals surface area (Å²) in [5, 5.41) is 3.45. The van der Waals surface area contributed by atoms with Crippen LogP contribution in [0.1, 0.15) is 45.4 Å². The summed E-state index contributed by atoms with van der Waals surface area (Å²) < 4.78 is 5.75. The van der Waals surface area contributed by atoms with E-state index in [-0.39, 0.29) is 0 Å². The molecule has 0 aromatic carbocycles. The second-order valence-electron chi connectivity index (χ2n) is 5.21. The first kappa shape index (κ1) is 14.9. The van der Waals surface area contributed by atoms with Gasteiger partial charge in [0.15, 0.2) is 0 Å². The third-order valence-electron chi connectivity index (χ3n) is 3.36. The molecular formula is C14H30N2O. The summed E-state index contributed by atoms with van der Waals surface area (Å²) in [7, 11) is 2.22. The van der Waals surface area contributed by atoms with Crippen LogP contribution in [0, 0.1) is 0 Å². The Balaban J connectivity index is 1.91. The van der Waals surface area contributed by atoms with Crippen molar-refractivity contribution in [3.63, 3.8) is 0 Å². The van der Waals surface area contributed by atoms with Crippen LogP contribution in [0.2, 0.25) is 0 Å². The fraction of sp³-hybridized carbons (Fsp3) is 1.00. The first-order valence-electron chi connectivity index (χ1n) is 7.33. The summed E-state index contributed by atoms with van der Waals surface area (Å²) in [6.07, 6.45) is 8.16. The maximum atomic E-state index is 5.75. The van der Waals surface area contributed by atoms with Crippen molar-refractivity contribution in [3.8, 4) is 0 Å². The maximum Gasteiger partial charge on any atom is 0.0701 e. The van der Waals surface area contributed by atoms with Crippen molar-refractivity contribution in [1.82, 2.24) is 10.2 Å². The largest absolute Gasteiger partial charge is 0.377 e. The Morgan fingerprint density at radius 2 is 2.12 bits per heavy atom. The van der Waals surface area contributed by atoms with Gasteiger partial charge in [0.25, 0.3) is 0 Å². The molecule has 0 radical (unpaired) electrons. The highest BCUT2D eigenvalue weighted by Crippen LogP contribution is 2.13. The molecule has 1 aliphatic heterocycles. The Labute approximate surface area is 107 Å². The molecular weight excluding hydrogens is 212 g/mol. The van der Waals surface area contributed by atoms with E-state index in [1.807, 2.05) is 0 Å². The molecule has 1 saturated heterocycles. The highest BCUT2D eigenvalue weighted by Gasteiger charge is 2.15. The highest BCUT2D eigenvalue weighted by molar-refractivity contribution is 4.67. The standard InChI is InChI=1S/C14H30N2O/c1-3-9-15-10-5-6-11-16(2)13-14-8-4-7-12-17-14/h14-15H,3-13H2,1-2H3. The van der Waals surface area contributed by atoms with Crippen LogP contribution >= 0.6 is 0 Å². The zero-order valence-electron chi connectivity index (χ0n) is 11.7. The second-order valence-corrected chi connectivity index (χ2v) is 5.21. The maximum absolute atomic E-state index is 5.75. The van der Waals surface area contributed by atoms with Crippen LogP contribution < -0.4 is 5.32 Å². The molecule has 3 nitrogen and oxygen atoms in total. The predicted octanol–water partition coefficient (Wildman–Crippen LogP) is 2.27. The van der Waals surface area contributed by atoms with Crippen LogP contribution in [0.15, 0.2) is 0 Å². The summed E-state index contributed by atoms with van der Waals surface area (Å²) in [5.74, 6) is 0. The molecule has 0 aromatic rings. The van der Waals surface area contributed by atoms with Gasteiger partial charge in [0, 0.05) is 13.2 Å². The number of ether oxygens (including phenoxy) is 1. The fourth-order valence-corrected chi connectivity index (χ4v) is 2.32. The smallest absolute Gasteiger partial charge is 0.0701 e. The van der Waals surface area contributed by atoms with Gasteiger partial charge in [-0.1, -0.05) is 6.92 Å². The molecule has 1 aliphatic rings. The molecule has 0 amide bonds. The Morgan fingerprint density at radius 3 is 2.82 bits per heavy atom. The van der Waals surface area contributed by atoms with Crippen molar-refractivity contribution in [3.05, 3.63) is 0 Å². The summed E-state index contributed by atoms with van der Waals surface area (Å²) in [6, 6.07) is 0. The lowest BCUT2D eigenvalue weighted by Gasteiger charge is -2.27. The summed E-state index contributed by atoms with van der Waals surface area (Å²) in [4.78, 5) is 2.43. The number of hydrogen-bond acceptors (Lipinski definition) is 3. The van der Waals surface area contributed by atoms with E-state index in [9.17, 15) is 0 Å². The van der Waals surface area contributed by atoms with Gasteiger partial charge in [-0.25, -0.2) is 0 Å². The lowest BCUT2D eigenvalue weighted by atomic mass is 10.1. The number of nitrogens with one attached hydrogen (secondary N) is 1. The quantitative estimate of drug-likeness (QED) is 0.628. The van der Waals surface area contributed by atoms with Crippen molar-refractivity contribution in [2.24, 2.45) is 0 Å². The molecule has 1 atom stereocenters. The number of unbranched alkanes of at least 4 members (excludes halogenated alkanes) is 1. The van der Waals surface area contributed by atoms with Crippen LogP contribution in [0.25, 0.3) is 0 Å². The van der Waals surface area contributed by atoms with Gasteiger partial charge in [-0.3, -0.25) is 0 Å². The van der Waals surface area contributed by atoms with Gasteiger partial charge in [-0.2, -0.15) is 0 Å². The lowest BCUT2D eigenvalue weighted by Crippen LogP contribution is -2.34. The average molecular weight is 242 g/mol. The Kier molecular flexibility index (Phi) is 8.67. The minimum absolute atomic E-state index is 0.493. The van der Waals surface area contributed by atoms with E-state index in [1.165, 1.54) is 51.6 Å². The molecule has 17 heavy (non-hydrogen) atoms. The van der Waals surface area contributed by atoms with Gasteiger partial charge in [-0.05, 0) is 65.2 Å². The number of likely N-dealkylation sites (N-methyl/N-ethyl adjacent to an activating group) is 1. The van der Waals surface area contributed by atoms with Gasteiger partial charge in [0.2, 0.25) is 0 Å². The van der Waals surface area contributed by atoms with Gasteiger partial charge in [0.05, 0.1) is 6.10 Å². The third-order valence-corrected chi connectivity index (χ3v) is 3.36. The minimum Gasteiger partial charge on any atom is -0.377 e. The van der Waals surface area contributed by atoms with E-state index in [0.717, 1.165) is 19.7 Å². The molecule has 0 bridgehead atoms. The van der Waals surface area contributed by atoms with E-state index in [2.05, 4.69) is 24.2 Å². The summed E-state index contributed by atoms with van der Waals surface area (Å²) in [5.41, 5.74) is 0. The molecule has 0 spiro atoms. The van der Waals surface area contributed by atoms with Crippen LogP contribution in [0.4, 0.5) is 0 Å². The Hall–Kier alpha value is -0.120. The molecule has 3 heteroatoms. The normalized spacial score (nSPS) is 21.0.